The van der Waals surface area contributed by atoms with Crippen LogP contribution in [0.5, 0.6) is 0 Å². The van der Waals surface area contributed by atoms with Crippen molar-refractivity contribution in [2.75, 3.05) is 0 Å². The molecule has 1 rings (SSSR count). The van der Waals surface area contributed by atoms with E-state index in [0.717, 1.165) is 0 Å². The standard InChI is InChI=1S/C9H12N2/c1-2-3-5-8(10)9-6-4-7-11-9/h2-9H,1,10H2/b5-3-. The molecule has 0 aliphatic carbocycles. The molecule has 1 heterocycles. The van der Waals surface area contributed by atoms with Gasteiger partial charge in [-0.25, -0.2) is 0 Å². The van der Waals surface area contributed by atoms with Crippen LogP contribution in [0.3, 0.4) is 0 Å². The summed E-state index contributed by atoms with van der Waals surface area (Å²) in [5.74, 6) is 0. The lowest BCUT2D eigenvalue weighted by molar-refractivity contribution is 0.718. The Hall–Kier alpha value is -1.15. The van der Waals surface area contributed by atoms with Gasteiger partial charge < -0.3 is 5.73 Å². The minimum absolute atomic E-state index is 0.0250. The largest absolute Gasteiger partial charge is 0.322 e. The summed E-state index contributed by atoms with van der Waals surface area (Å²) in [5.41, 5.74) is 5.77. The van der Waals surface area contributed by atoms with E-state index < -0.39 is 0 Å². The number of nitrogens with two attached hydrogens (primary N) is 1. The third-order valence-corrected chi connectivity index (χ3v) is 1.52. The van der Waals surface area contributed by atoms with Gasteiger partial charge in [0.15, 0.2) is 0 Å². The molecule has 0 amide bonds. The highest BCUT2D eigenvalue weighted by molar-refractivity contribution is 5.74. The average molecular weight is 148 g/mol. The van der Waals surface area contributed by atoms with E-state index in [0.29, 0.717) is 0 Å². The van der Waals surface area contributed by atoms with Gasteiger partial charge in [0.25, 0.3) is 0 Å². The first-order valence-electron chi connectivity index (χ1n) is 3.59. The fraction of sp³-hybridized carbons (Fsp3) is 0.222. The summed E-state index contributed by atoms with van der Waals surface area (Å²) in [5, 5.41) is 0. The van der Waals surface area contributed by atoms with Gasteiger partial charge in [0.1, 0.15) is 0 Å². The molecular weight excluding hydrogens is 136 g/mol. The van der Waals surface area contributed by atoms with Crippen LogP contribution in [-0.2, 0) is 0 Å². The van der Waals surface area contributed by atoms with Crippen molar-refractivity contribution in [2.45, 2.75) is 12.1 Å². The molecule has 0 radical (unpaired) electrons. The van der Waals surface area contributed by atoms with Crippen LogP contribution in [0.2, 0.25) is 0 Å². The van der Waals surface area contributed by atoms with Gasteiger partial charge in [-0.05, 0) is 6.08 Å². The van der Waals surface area contributed by atoms with Gasteiger partial charge in [0.2, 0.25) is 0 Å². The van der Waals surface area contributed by atoms with E-state index in [4.69, 9.17) is 5.73 Å². The smallest absolute Gasteiger partial charge is 0.0870 e. The van der Waals surface area contributed by atoms with Crippen LogP contribution in [0.4, 0.5) is 0 Å². The van der Waals surface area contributed by atoms with Crippen molar-refractivity contribution in [3.05, 3.63) is 37.0 Å². The molecule has 2 unspecified atom stereocenters. The SMILES string of the molecule is C=C/C=C\C(N)C1C=CC=N1. The normalized spacial score (nSPS) is 24.6. The Morgan fingerprint density at radius 1 is 1.64 bits per heavy atom. The molecule has 0 aromatic rings. The Morgan fingerprint density at radius 2 is 2.45 bits per heavy atom. The van der Waals surface area contributed by atoms with E-state index in [2.05, 4.69) is 11.6 Å². The quantitative estimate of drug-likeness (QED) is 0.597. The number of hydrogen-bond acceptors (Lipinski definition) is 2. The topological polar surface area (TPSA) is 38.4 Å². The molecule has 2 atom stereocenters. The van der Waals surface area contributed by atoms with E-state index in [1.54, 1.807) is 12.3 Å². The molecule has 58 valence electrons. The van der Waals surface area contributed by atoms with Crippen LogP contribution in [0, 0.1) is 0 Å². The van der Waals surface area contributed by atoms with Crippen molar-refractivity contribution in [1.29, 1.82) is 0 Å². The molecule has 0 fully saturated rings. The summed E-state index contributed by atoms with van der Waals surface area (Å²) in [7, 11) is 0. The van der Waals surface area contributed by atoms with Crippen LogP contribution < -0.4 is 5.73 Å². The molecule has 0 aromatic carbocycles. The summed E-state index contributed by atoms with van der Waals surface area (Å²) in [6.07, 6.45) is 11.1. The predicted molar refractivity (Wildman–Crippen MR) is 48.7 cm³/mol. The molecule has 11 heavy (non-hydrogen) atoms. The van der Waals surface area contributed by atoms with Crippen LogP contribution in [-0.4, -0.2) is 18.3 Å². The van der Waals surface area contributed by atoms with Crippen LogP contribution >= 0.6 is 0 Å². The van der Waals surface area contributed by atoms with E-state index in [1.807, 2.05) is 24.3 Å². The van der Waals surface area contributed by atoms with Gasteiger partial charge in [-0.15, -0.1) is 0 Å². The fourth-order valence-corrected chi connectivity index (χ4v) is 0.911. The Kier molecular flexibility index (Phi) is 2.81. The molecule has 2 nitrogen and oxygen atoms in total. The summed E-state index contributed by atoms with van der Waals surface area (Å²) in [6.45, 7) is 3.56. The zero-order valence-corrected chi connectivity index (χ0v) is 6.35. The lowest BCUT2D eigenvalue weighted by atomic mass is 10.1. The van der Waals surface area contributed by atoms with E-state index in [9.17, 15) is 0 Å². The maximum Gasteiger partial charge on any atom is 0.0870 e. The fourth-order valence-electron chi connectivity index (χ4n) is 0.911. The third-order valence-electron chi connectivity index (χ3n) is 1.52. The third kappa shape index (κ3) is 2.16. The van der Waals surface area contributed by atoms with Crippen molar-refractivity contribution in [2.24, 2.45) is 10.7 Å². The molecule has 2 heteroatoms. The predicted octanol–water partition coefficient (Wildman–Crippen LogP) is 1.07. The first kappa shape index (κ1) is 7.95. The first-order chi connectivity index (χ1) is 5.34. The molecule has 0 saturated carbocycles. The molecule has 0 aromatic heterocycles. The van der Waals surface area contributed by atoms with Gasteiger partial charge in [-0.3, -0.25) is 4.99 Å². The second-order valence-electron chi connectivity index (χ2n) is 2.37. The number of aliphatic imine (C=N–C) groups is 1. The van der Waals surface area contributed by atoms with Crippen molar-refractivity contribution in [3.8, 4) is 0 Å². The molecule has 0 spiro atoms. The van der Waals surface area contributed by atoms with Crippen molar-refractivity contribution in [1.82, 2.24) is 0 Å². The zero-order chi connectivity index (χ0) is 8.10. The van der Waals surface area contributed by atoms with Gasteiger partial charge >= 0.3 is 0 Å². The molecule has 1 aliphatic rings. The van der Waals surface area contributed by atoms with Gasteiger partial charge in [-0.2, -0.15) is 0 Å². The average Bonchev–Trinajstić information content (AvgIpc) is 2.52. The van der Waals surface area contributed by atoms with Gasteiger partial charge in [0, 0.05) is 12.3 Å². The second-order valence-corrected chi connectivity index (χ2v) is 2.37. The summed E-state index contributed by atoms with van der Waals surface area (Å²) in [6, 6.07) is 0.0919. The highest BCUT2D eigenvalue weighted by Crippen LogP contribution is 2.04. The second kappa shape index (κ2) is 3.88. The van der Waals surface area contributed by atoms with Gasteiger partial charge in [-0.1, -0.05) is 30.9 Å². The Bertz CT molecular complexity index is 202. The molecule has 0 bridgehead atoms. The van der Waals surface area contributed by atoms with Crippen LogP contribution in [0.25, 0.3) is 0 Å². The number of nitrogens with zero attached hydrogens (tertiary/aromatic N) is 1. The highest BCUT2D eigenvalue weighted by Gasteiger charge is 2.10. The number of hydrogen-bond donors (Lipinski definition) is 1. The maximum atomic E-state index is 5.77. The number of allylic oxidation sites excluding steroid dienone is 3. The summed E-state index contributed by atoms with van der Waals surface area (Å²) in [4.78, 5) is 4.14. The number of rotatable bonds is 3. The molecule has 1 aliphatic heterocycles. The van der Waals surface area contributed by atoms with Crippen molar-refractivity contribution in [3.63, 3.8) is 0 Å². The van der Waals surface area contributed by atoms with E-state index in [1.165, 1.54) is 0 Å². The first-order valence-corrected chi connectivity index (χ1v) is 3.59. The molecule has 0 saturated heterocycles. The van der Waals surface area contributed by atoms with Gasteiger partial charge in [0.05, 0.1) is 6.04 Å². The highest BCUT2D eigenvalue weighted by atomic mass is 14.8. The summed E-state index contributed by atoms with van der Waals surface area (Å²) >= 11 is 0. The minimum atomic E-state index is -0.0250. The Morgan fingerprint density at radius 3 is 3.00 bits per heavy atom. The molecular formula is C9H12N2. The monoisotopic (exact) mass is 148 g/mol. The summed E-state index contributed by atoms with van der Waals surface area (Å²) < 4.78 is 0. The lowest BCUT2D eigenvalue weighted by Crippen LogP contribution is -2.28. The lowest BCUT2D eigenvalue weighted by Gasteiger charge is -2.09. The van der Waals surface area contributed by atoms with Crippen molar-refractivity contribution < 1.29 is 0 Å². The Labute approximate surface area is 66.8 Å². The minimum Gasteiger partial charge on any atom is -0.322 e. The maximum absolute atomic E-state index is 5.77. The van der Waals surface area contributed by atoms with Crippen molar-refractivity contribution >= 4 is 6.21 Å². The molecule has 2 N–H and O–H groups in total. The zero-order valence-electron chi connectivity index (χ0n) is 6.35. The van der Waals surface area contributed by atoms with E-state index in [-0.39, 0.29) is 12.1 Å². The Balaban J connectivity index is 2.47. The van der Waals surface area contributed by atoms with Crippen LogP contribution in [0.15, 0.2) is 42.0 Å². The van der Waals surface area contributed by atoms with E-state index >= 15 is 0 Å². The van der Waals surface area contributed by atoms with Crippen LogP contribution in [0.1, 0.15) is 0 Å².